The van der Waals surface area contributed by atoms with Gasteiger partial charge in [-0.05, 0) is 45.1 Å². The van der Waals surface area contributed by atoms with Gasteiger partial charge in [-0.2, -0.15) is 16.4 Å². The minimum absolute atomic E-state index is 0.0436. The highest BCUT2D eigenvalue weighted by molar-refractivity contribution is 7.93. The fourth-order valence-electron chi connectivity index (χ4n) is 3.70. The summed E-state index contributed by atoms with van der Waals surface area (Å²) in [6, 6.07) is 1.95. The molecule has 24 heavy (non-hydrogen) atoms. The van der Waals surface area contributed by atoms with Gasteiger partial charge in [0.25, 0.3) is 10.0 Å². The average Bonchev–Trinajstić information content (AvgIpc) is 3.16. The van der Waals surface area contributed by atoms with E-state index in [1.165, 1.54) is 17.8 Å². The number of aromatic nitrogens is 2. The summed E-state index contributed by atoms with van der Waals surface area (Å²) in [4.78, 5) is 0.376. The molecule has 0 saturated heterocycles. The minimum atomic E-state index is -3.62. The summed E-state index contributed by atoms with van der Waals surface area (Å²) in [7, 11) is -3.62. The molecule has 0 aliphatic heterocycles. The van der Waals surface area contributed by atoms with Crippen molar-refractivity contribution in [3.05, 3.63) is 28.2 Å². The molecule has 132 valence electrons. The Bertz CT molecular complexity index is 788. The van der Waals surface area contributed by atoms with E-state index >= 15 is 0 Å². The third-order valence-corrected chi connectivity index (χ3v) is 7.60. The Morgan fingerprint density at radius 1 is 1.29 bits per heavy atom. The molecular weight excluding hydrogens is 342 g/mol. The van der Waals surface area contributed by atoms with Gasteiger partial charge in [0.2, 0.25) is 0 Å². The van der Waals surface area contributed by atoms with Gasteiger partial charge in [-0.25, -0.2) is 8.42 Å². The van der Waals surface area contributed by atoms with Crippen LogP contribution in [0.15, 0.2) is 21.7 Å². The fourth-order valence-corrected chi connectivity index (χ4v) is 6.48. The highest BCUT2D eigenvalue weighted by atomic mass is 32.2. The monoisotopic (exact) mass is 367 g/mol. The van der Waals surface area contributed by atoms with E-state index in [0.29, 0.717) is 17.1 Å². The number of hydrogen-bond donors (Lipinski definition) is 0. The van der Waals surface area contributed by atoms with E-state index in [1.807, 2.05) is 30.7 Å². The smallest absolute Gasteiger partial charge is 0.268 e. The molecule has 0 amide bonds. The number of rotatable bonds is 5. The zero-order chi connectivity index (χ0) is 17.3. The Balaban J connectivity index is 2.11. The average molecular weight is 368 g/mol. The highest BCUT2D eigenvalue weighted by Crippen LogP contribution is 2.35. The molecule has 0 radical (unpaired) electrons. The van der Waals surface area contributed by atoms with Crippen LogP contribution < -0.4 is 4.31 Å². The summed E-state index contributed by atoms with van der Waals surface area (Å²) in [5, 5.41) is 8.29. The Labute approximate surface area is 148 Å². The molecule has 0 atom stereocenters. The molecule has 1 aliphatic rings. The van der Waals surface area contributed by atoms with Crippen LogP contribution in [0.4, 0.5) is 5.69 Å². The van der Waals surface area contributed by atoms with Crippen LogP contribution in [0.5, 0.6) is 0 Å². The SMILES string of the molecule is CCn1nc(C)c(S(=O)(=O)N(c2ccsc2)C2CCCCC2)c1C. The maximum absolute atomic E-state index is 13.6. The lowest BCUT2D eigenvalue weighted by atomic mass is 9.95. The molecule has 3 rings (SSSR count). The zero-order valence-electron chi connectivity index (χ0n) is 14.5. The molecule has 0 aromatic carbocycles. The van der Waals surface area contributed by atoms with Crippen molar-refractivity contribution in [3.8, 4) is 0 Å². The maximum Gasteiger partial charge on any atom is 0.268 e. The van der Waals surface area contributed by atoms with Crippen LogP contribution in [0.3, 0.4) is 0 Å². The molecule has 0 bridgehead atoms. The van der Waals surface area contributed by atoms with Gasteiger partial charge in [0.1, 0.15) is 4.90 Å². The summed E-state index contributed by atoms with van der Waals surface area (Å²) in [5.74, 6) is 0. The van der Waals surface area contributed by atoms with Gasteiger partial charge in [0.15, 0.2) is 0 Å². The van der Waals surface area contributed by atoms with Gasteiger partial charge in [-0.1, -0.05) is 19.3 Å². The molecule has 2 aromatic rings. The lowest BCUT2D eigenvalue weighted by Gasteiger charge is -2.34. The molecule has 0 N–H and O–H groups in total. The van der Waals surface area contributed by atoms with E-state index in [-0.39, 0.29) is 6.04 Å². The topological polar surface area (TPSA) is 55.2 Å². The zero-order valence-corrected chi connectivity index (χ0v) is 16.2. The minimum Gasteiger partial charge on any atom is -0.268 e. The van der Waals surface area contributed by atoms with Crippen LogP contribution in [-0.4, -0.2) is 24.2 Å². The van der Waals surface area contributed by atoms with Crippen molar-refractivity contribution in [2.24, 2.45) is 0 Å². The van der Waals surface area contributed by atoms with Crippen LogP contribution in [-0.2, 0) is 16.6 Å². The predicted molar refractivity (Wildman–Crippen MR) is 98.2 cm³/mol. The van der Waals surface area contributed by atoms with Gasteiger partial charge in [-0.15, -0.1) is 0 Å². The van der Waals surface area contributed by atoms with Gasteiger partial charge in [-0.3, -0.25) is 8.99 Å². The Kier molecular flexibility index (Phi) is 5.01. The summed E-state index contributed by atoms with van der Waals surface area (Å²) in [5.41, 5.74) is 2.10. The first-order chi connectivity index (χ1) is 11.5. The predicted octanol–water partition coefficient (Wildman–Crippen LogP) is 4.11. The first kappa shape index (κ1) is 17.5. The number of thiophene rings is 1. The lowest BCUT2D eigenvalue weighted by Crippen LogP contribution is -2.41. The van der Waals surface area contributed by atoms with E-state index in [0.717, 1.165) is 37.1 Å². The standard InChI is InChI=1S/C17H25N3O2S2/c1-4-19-14(3)17(13(2)18-19)24(21,22)20(16-10-11-23-12-16)15-8-6-5-7-9-15/h10-12,15H,4-9H2,1-3H3. The summed E-state index contributed by atoms with van der Waals surface area (Å²) >= 11 is 1.53. The molecule has 1 fully saturated rings. The largest absolute Gasteiger partial charge is 0.268 e. The van der Waals surface area contributed by atoms with E-state index in [4.69, 9.17) is 0 Å². The van der Waals surface area contributed by atoms with Gasteiger partial charge >= 0.3 is 0 Å². The Morgan fingerprint density at radius 3 is 2.54 bits per heavy atom. The molecule has 1 saturated carbocycles. The number of aryl methyl sites for hydroxylation is 2. The van der Waals surface area contributed by atoms with Crippen molar-refractivity contribution in [2.75, 3.05) is 4.31 Å². The summed E-state index contributed by atoms with van der Waals surface area (Å²) < 4.78 is 30.6. The Hall–Kier alpha value is -1.34. The maximum atomic E-state index is 13.6. The molecule has 2 heterocycles. The molecule has 0 unspecified atom stereocenters. The van der Waals surface area contributed by atoms with E-state index in [9.17, 15) is 8.42 Å². The van der Waals surface area contributed by atoms with Crippen LogP contribution >= 0.6 is 11.3 Å². The molecule has 5 nitrogen and oxygen atoms in total. The Morgan fingerprint density at radius 2 is 2.00 bits per heavy atom. The number of anilines is 1. The van der Waals surface area contributed by atoms with Gasteiger partial charge < -0.3 is 0 Å². The van der Waals surface area contributed by atoms with Crippen molar-refractivity contribution in [1.29, 1.82) is 0 Å². The lowest BCUT2D eigenvalue weighted by molar-refractivity contribution is 0.438. The van der Waals surface area contributed by atoms with Crippen molar-refractivity contribution in [1.82, 2.24) is 9.78 Å². The van der Waals surface area contributed by atoms with Gasteiger partial charge in [0, 0.05) is 18.0 Å². The first-order valence-corrected chi connectivity index (χ1v) is 11.0. The van der Waals surface area contributed by atoms with Crippen LogP contribution in [0.1, 0.15) is 50.4 Å². The van der Waals surface area contributed by atoms with E-state index in [1.54, 1.807) is 15.9 Å². The third-order valence-electron chi connectivity index (χ3n) is 4.80. The third kappa shape index (κ3) is 2.99. The highest BCUT2D eigenvalue weighted by Gasteiger charge is 2.36. The van der Waals surface area contributed by atoms with Crippen molar-refractivity contribution >= 4 is 27.0 Å². The molecule has 7 heteroatoms. The summed E-state index contributed by atoms with van der Waals surface area (Å²) in [6.45, 7) is 6.29. The fraction of sp³-hybridized carbons (Fsp3) is 0.588. The van der Waals surface area contributed by atoms with Gasteiger partial charge in [0.05, 0.1) is 17.1 Å². The molecular formula is C17H25N3O2S2. The number of sulfonamides is 1. The van der Waals surface area contributed by atoms with Crippen molar-refractivity contribution in [3.63, 3.8) is 0 Å². The first-order valence-electron chi connectivity index (χ1n) is 8.57. The van der Waals surface area contributed by atoms with Crippen molar-refractivity contribution < 1.29 is 8.42 Å². The number of hydrogen-bond acceptors (Lipinski definition) is 4. The van der Waals surface area contributed by atoms with Crippen LogP contribution in [0, 0.1) is 13.8 Å². The van der Waals surface area contributed by atoms with E-state index < -0.39 is 10.0 Å². The second kappa shape index (κ2) is 6.88. The quantitative estimate of drug-likeness (QED) is 0.799. The van der Waals surface area contributed by atoms with E-state index in [2.05, 4.69) is 5.10 Å². The number of nitrogens with zero attached hydrogens (tertiary/aromatic N) is 3. The summed E-state index contributed by atoms with van der Waals surface area (Å²) in [6.07, 6.45) is 5.23. The molecule has 2 aromatic heterocycles. The normalized spacial score (nSPS) is 16.5. The van der Waals surface area contributed by atoms with Crippen LogP contribution in [0.25, 0.3) is 0 Å². The van der Waals surface area contributed by atoms with Crippen molar-refractivity contribution in [2.45, 2.75) is 70.4 Å². The van der Waals surface area contributed by atoms with Crippen LogP contribution in [0.2, 0.25) is 0 Å². The molecule has 1 aliphatic carbocycles. The second-order valence-electron chi connectivity index (χ2n) is 6.39. The second-order valence-corrected chi connectivity index (χ2v) is 8.92. The molecule has 0 spiro atoms.